The Morgan fingerprint density at radius 2 is 1.81 bits per heavy atom. The molecule has 21 heavy (non-hydrogen) atoms. The summed E-state index contributed by atoms with van der Waals surface area (Å²) in [6.07, 6.45) is 0. The highest BCUT2D eigenvalue weighted by Crippen LogP contribution is 2.20. The first kappa shape index (κ1) is 14.2. The van der Waals surface area contributed by atoms with E-state index in [-0.39, 0.29) is 11.9 Å². The maximum absolute atomic E-state index is 12.2. The summed E-state index contributed by atoms with van der Waals surface area (Å²) >= 11 is 1.78. The van der Waals surface area contributed by atoms with Crippen molar-refractivity contribution >= 4 is 23.4 Å². The van der Waals surface area contributed by atoms with Gasteiger partial charge in [0.1, 0.15) is 0 Å². The third-order valence-corrected chi connectivity index (χ3v) is 4.63. The molecule has 0 spiro atoms. The van der Waals surface area contributed by atoms with Crippen LogP contribution in [0.3, 0.4) is 0 Å². The molecule has 0 aromatic heterocycles. The van der Waals surface area contributed by atoms with Crippen LogP contribution < -0.4 is 10.6 Å². The number of hydrogen-bond acceptors (Lipinski definition) is 3. The summed E-state index contributed by atoms with van der Waals surface area (Å²) in [6, 6.07) is 18.1. The number of hydrogen-bond donors (Lipinski definition) is 2. The van der Waals surface area contributed by atoms with E-state index in [2.05, 4.69) is 22.8 Å². The third-order valence-electron chi connectivity index (χ3n) is 3.53. The monoisotopic (exact) mass is 298 g/mol. The van der Waals surface area contributed by atoms with Crippen LogP contribution in [0.15, 0.2) is 54.6 Å². The van der Waals surface area contributed by atoms with Gasteiger partial charge in [0.25, 0.3) is 0 Å². The smallest absolute Gasteiger partial charge is 0.242 e. The zero-order valence-corrected chi connectivity index (χ0v) is 12.5. The van der Waals surface area contributed by atoms with Gasteiger partial charge in [-0.15, -0.1) is 0 Å². The lowest BCUT2D eigenvalue weighted by Gasteiger charge is -2.14. The first-order valence-corrected chi connectivity index (χ1v) is 8.22. The molecular formula is C17H18N2OS. The zero-order valence-electron chi connectivity index (χ0n) is 11.7. The Kier molecular flexibility index (Phi) is 4.58. The normalized spacial score (nSPS) is 17.7. The molecule has 0 saturated heterocycles. The molecule has 3 rings (SSSR count). The second-order valence-electron chi connectivity index (χ2n) is 5.08. The van der Waals surface area contributed by atoms with Crippen LogP contribution in [0.1, 0.15) is 11.1 Å². The van der Waals surface area contributed by atoms with Crippen LogP contribution in [0, 0.1) is 0 Å². The number of anilines is 1. The number of nitrogens with one attached hydrogen (secondary N) is 2. The Balaban J connectivity index is 1.56. The minimum absolute atomic E-state index is 0.0560. The first-order chi connectivity index (χ1) is 10.3. The van der Waals surface area contributed by atoms with Crippen molar-refractivity contribution < 1.29 is 4.79 Å². The highest BCUT2D eigenvalue weighted by Gasteiger charge is 2.22. The second kappa shape index (κ2) is 6.78. The maximum Gasteiger partial charge on any atom is 0.242 e. The van der Waals surface area contributed by atoms with Crippen molar-refractivity contribution in [3.63, 3.8) is 0 Å². The van der Waals surface area contributed by atoms with Crippen molar-refractivity contribution in [2.45, 2.75) is 18.3 Å². The van der Waals surface area contributed by atoms with E-state index in [9.17, 15) is 4.79 Å². The maximum atomic E-state index is 12.2. The molecule has 2 aromatic carbocycles. The van der Waals surface area contributed by atoms with Gasteiger partial charge >= 0.3 is 0 Å². The number of carbonyl (C=O) groups is 1. The SMILES string of the molecule is O=C1Nc2ccccc2CN[C@H]1CSCc1ccccc1. The van der Waals surface area contributed by atoms with Gasteiger partial charge in [-0.05, 0) is 17.2 Å². The minimum atomic E-state index is -0.147. The predicted octanol–water partition coefficient (Wildman–Crippen LogP) is 3.03. The number of amides is 1. The number of rotatable bonds is 4. The number of benzene rings is 2. The van der Waals surface area contributed by atoms with E-state index >= 15 is 0 Å². The van der Waals surface area contributed by atoms with Gasteiger partial charge in [-0.25, -0.2) is 0 Å². The summed E-state index contributed by atoms with van der Waals surface area (Å²) in [5.41, 5.74) is 3.35. The average Bonchev–Trinajstić information content (AvgIpc) is 2.68. The third kappa shape index (κ3) is 3.65. The average molecular weight is 298 g/mol. The molecule has 0 bridgehead atoms. The number of fused-ring (bicyclic) bond motifs is 1. The van der Waals surface area contributed by atoms with Crippen LogP contribution >= 0.6 is 11.8 Å². The van der Waals surface area contributed by atoms with Crippen molar-refractivity contribution in [3.8, 4) is 0 Å². The molecule has 0 fully saturated rings. The van der Waals surface area contributed by atoms with Gasteiger partial charge in [-0.1, -0.05) is 48.5 Å². The van der Waals surface area contributed by atoms with E-state index in [0.29, 0.717) is 0 Å². The molecule has 1 amide bonds. The molecule has 0 unspecified atom stereocenters. The van der Waals surface area contributed by atoms with Gasteiger partial charge in [-0.3, -0.25) is 4.79 Å². The molecule has 1 aliphatic rings. The Bertz CT molecular complexity index is 615. The molecule has 0 radical (unpaired) electrons. The molecule has 0 saturated carbocycles. The second-order valence-corrected chi connectivity index (χ2v) is 6.11. The van der Waals surface area contributed by atoms with Crippen molar-refractivity contribution in [1.82, 2.24) is 5.32 Å². The Morgan fingerprint density at radius 1 is 1.05 bits per heavy atom. The van der Waals surface area contributed by atoms with Gasteiger partial charge in [0.2, 0.25) is 5.91 Å². The van der Waals surface area contributed by atoms with Crippen LogP contribution in [-0.4, -0.2) is 17.7 Å². The summed E-state index contributed by atoms with van der Waals surface area (Å²) in [7, 11) is 0. The Hall–Kier alpha value is -1.78. The number of thioether (sulfide) groups is 1. The van der Waals surface area contributed by atoms with Crippen LogP contribution in [0.2, 0.25) is 0 Å². The van der Waals surface area contributed by atoms with E-state index in [1.54, 1.807) is 11.8 Å². The fraction of sp³-hybridized carbons (Fsp3) is 0.235. The van der Waals surface area contributed by atoms with Crippen molar-refractivity contribution in [2.24, 2.45) is 0 Å². The molecule has 2 aromatic rings. The van der Waals surface area contributed by atoms with E-state index in [0.717, 1.165) is 29.3 Å². The van der Waals surface area contributed by atoms with E-state index in [4.69, 9.17) is 0 Å². The molecule has 1 atom stereocenters. The van der Waals surface area contributed by atoms with Crippen molar-refractivity contribution in [3.05, 3.63) is 65.7 Å². The van der Waals surface area contributed by atoms with E-state index in [1.165, 1.54) is 5.56 Å². The molecule has 2 N–H and O–H groups in total. The highest BCUT2D eigenvalue weighted by molar-refractivity contribution is 7.98. The highest BCUT2D eigenvalue weighted by atomic mass is 32.2. The van der Waals surface area contributed by atoms with Gasteiger partial charge in [0.15, 0.2) is 0 Å². The molecule has 1 aliphatic heterocycles. The fourth-order valence-electron chi connectivity index (χ4n) is 2.35. The Labute approximate surface area is 129 Å². The van der Waals surface area contributed by atoms with Gasteiger partial charge in [0.05, 0.1) is 6.04 Å². The summed E-state index contributed by atoms with van der Waals surface area (Å²) in [5.74, 6) is 1.76. The Morgan fingerprint density at radius 3 is 2.67 bits per heavy atom. The van der Waals surface area contributed by atoms with E-state index in [1.807, 2.05) is 42.5 Å². The molecule has 1 heterocycles. The van der Waals surface area contributed by atoms with Gasteiger partial charge in [-0.2, -0.15) is 11.8 Å². The molecule has 3 nitrogen and oxygen atoms in total. The molecule has 4 heteroatoms. The van der Waals surface area contributed by atoms with Crippen LogP contribution in [-0.2, 0) is 17.1 Å². The number of carbonyl (C=O) groups excluding carboxylic acids is 1. The fourth-order valence-corrected chi connectivity index (χ4v) is 3.40. The summed E-state index contributed by atoms with van der Waals surface area (Å²) in [5, 5.41) is 6.35. The summed E-state index contributed by atoms with van der Waals surface area (Å²) < 4.78 is 0. The lowest BCUT2D eigenvalue weighted by atomic mass is 10.2. The van der Waals surface area contributed by atoms with Crippen LogP contribution in [0.25, 0.3) is 0 Å². The minimum Gasteiger partial charge on any atom is -0.324 e. The topological polar surface area (TPSA) is 41.1 Å². The van der Waals surface area contributed by atoms with Crippen LogP contribution in [0.4, 0.5) is 5.69 Å². The quantitative estimate of drug-likeness (QED) is 0.911. The lowest BCUT2D eigenvalue weighted by molar-refractivity contribution is -0.117. The summed E-state index contributed by atoms with van der Waals surface area (Å²) in [6.45, 7) is 0.728. The van der Waals surface area contributed by atoms with Crippen LogP contribution in [0.5, 0.6) is 0 Å². The largest absolute Gasteiger partial charge is 0.324 e. The van der Waals surface area contributed by atoms with Gasteiger partial charge in [0, 0.05) is 23.7 Å². The standard InChI is InChI=1S/C17H18N2OS/c20-17-16(12-21-11-13-6-2-1-3-7-13)18-10-14-8-4-5-9-15(14)19-17/h1-9,16,18H,10-12H2,(H,19,20)/t16-/m0/s1. The van der Waals surface area contributed by atoms with E-state index < -0.39 is 0 Å². The molecular weight excluding hydrogens is 280 g/mol. The number of para-hydroxylation sites is 1. The molecule has 108 valence electrons. The van der Waals surface area contributed by atoms with Crippen molar-refractivity contribution in [2.75, 3.05) is 11.1 Å². The summed E-state index contributed by atoms with van der Waals surface area (Å²) in [4.78, 5) is 12.2. The molecule has 0 aliphatic carbocycles. The zero-order chi connectivity index (χ0) is 14.5. The van der Waals surface area contributed by atoms with Crippen molar-refractivity contribution in [1.29, 1.82) is 0 Å². The van der Waals surface area contributed by atoms with Gasteiger partial charge < -0.3 is 10.6 Å². The predicted molar refractivity (Wildman–Crippen MR) is 88.3 cm³/mol. The first-order valence-electron chi connectivity index (χ1n) is 7.07. The lowest BCUT2D eigenvalue weighted by Crippen LogP contribution is -2.39.